The molecule has 166 valence electrons. The predicted octanol–water partition coefficient (Wildman–Crippen LogP) is 6.99. The monoisotopic (exact) mass is 406 g/mol. The summed E-state index contributed by atoms with van der Waals surface area (Å²) in [6.45, 7) is 5.85. The Balaban J connectivity index is 2.50. The fourth-order valence-electron chi connectivity index (χ4n) is 3.29. The standard InChI is InChI=1S/C25H42O4/c1-4-6-8-10-12-14-18-28-22-16-17-23(24(26)21-27-3)25(20-22)29-19-15-13-11-9-7-5-2/h16-17,20H,4-15,18-19,21H2,1-3H3. The van der Waals surface area contributed by atoms with E-state index in [2.05, 4.69) is 13.8 Å². The number of rotatable bonds is 19. The Hall–Kier alpha value is -1.55. The number of methoxy groups -OCH3 is 1. The molecule has 0 N–H and O–H groups in total. The van der Waals surface area contributed by atoms with Crippen LogP contribution in [-0.2, 0) is 4.74 Å². The van der Waals surface area contributed by atoms with Crippen LogP contribution < -0.4 is 9.47 Å². The number of ether oxygens (including phenoxy) is 3. The van der Waals surface area contributed by atoms with Crippen LogP contribution in [0.15, 0.2) is 18.2 Å². The molecule has 0 fully saturated rings. The molecule has 0 amide bonds. The minimum absolute atomic E-state index is 0.0609. The van der Waals surface area contributed by atoms with Gasteiger partial charge in [-0.15, -0.1) is 0 Å². The minimum Gasteiger partial charge on any atom is -0.493 e. The van der Waals surface area contributed by atoms with Crippen LogP contribution in [0.2, 0.25) is 0 Å². The van der Waals surface area contributed by atoms with E-state index in [0.717, 1.165) is 25.0 Å². The highest BCUT2D eigenvalue weighted by Crippen LogP contribution is 2.26. The van der Waals surface area contributed by atoms with Gasteiger partial charge in [-0.25, -0.2) is 0 Å². The lowest BCUT2D eigenvalue weighted by Crippen LogP contribution is -2.10. The summed E-state index contributed by atoms with van der Waals surface area (Å²) >= 11 is 0. The first-order chi connectivity index (χ1) is 14.2. The van der Waals surface area contributed by atoms with Crippen LogP contribution in [0.25, 0.3) is 0 Å². The zero-order chi connectivity index (χ0) is 21.2. The van der Waals surface area contributed by atoms with Gasteiger partial charge in [-0.05, 0) is 25.0 Å². The Kier molecular flexibility index (Phi) is 15.2. The molecular formula is C25H42O4. The van der Waals surface area contributed by atoms with E-state index >= 15 is 0 Å². The summed E-state index contributed by atoms with van der Waals surface area (Å²) in [5.41, 5.74) is 0.574. The van der Waals surface area contributed by atoms with E-state index in [-0.39, 0.29) is 12.4 Å². The van der Waals surface area contributed by atoms with Crippen LogP contribution in [0, 0.1) is 0 Å². The Labute approximate surface area is 178 Å². The first-order valence-corrected chi connectivity index (χ1v) is 11.6. The van der Waals surface area contributed by atoms with Crippen LogP contribution in [0.3, 0.4) is 0 Å². The van der Waals surface area contributed by atoms with Gasteiger partial charge in [0.15, 0.2) is 5.78 Å². The molecule has 0 saturated heterocycles. The Morgan fingerprint density at radius 3 is 1.90 bits per heavy atom. The minimum atomic E-state index is -0.0621. The molecule has 0 radical (unpaired) electrons. The number of Topliss-reactive ketones (excluding diaryl/α,β-unsaturated/α-hetero) is 1. The van der Waals surface area contributed by atoms with E-state index in [0.29, 0.717) is 24.5 Å². The number of carbonyl (C=O) groups excluding carboxylic acids is 1. The second-order valence-electron chi connectivity index (χ2n) is 7.75. The van der Waals surface area contributed by atoms with Gasteiger partial charge in [0, 0.05) is 13.2 Å². The molecule has 0 aromatic heterocycles. The average Bonchev–Trinajstić information content (AvgIpc) is 2.72. The number of hydrogen-bond acceptors (Lipinski definition) is 4. The highest BCUT2D eigenvalue weighted by atomic mass is 16.5. The Morgan fingerprint density at radius 2 is 1.31 bits per heavy atom. The van der Waals surface area contributed by atoms with Crippen LogP contribution in [0.1, 0.15) is 101 Å². The van der Waals surface area contributed by atoms with E-state index in [1.165, 1.54) is 64.9 Å². The SMILES string of the molecule is CCCCCCCCOc1ccc(C(=O)COC)c(OCCCCCCCC)c1. The van der Waals surface area contributed by atoms with Crippen LogP contribution >= 0.6 is 0 Å². The Bertz CT molecular complexity index is 542. The van der Waals surface area contributed by atoms with Crippen molar-refractivity contribution in [2.24, 2.45) is 0 Å². The number of hydrogen-bond donors (Lipinski definition) is 0. The lowest BCUT2D eigenvalue weighted by Gasteiger charge is -2.13. The van der Waals surface area contributed by atoms with Gasteiger partial charge in [0.1, 0.15) is 18.1 Å². The van der Waals surface area contributed by atoms with Gasteiger partial charge in [-0.1, -0.05) is 78.1 Å². The Morgan fingerprint density at radius 1 is 0.759 bits per heavy atom. The molecule has 0 saturated carbocycles. The first-order valence-electron chi connectivity index (χ1n) is 11.6. The number of unbranched alkanes of at least 4 members (excludes halogenated alkanes) is 10. The summed E-state index contributed by atoms with van der Waals surface area (Å²) in [6, 6.07) is 5.52. The number of ketones is 1. The molecule has 0 unspecified atom stereocenters. The second-order valence-corrected chi connectivity index (χ2v) is 7.75. The van der Waals surface area contributed by atoms with Gasteiger partial charge in [0.2, 0.25) is 0 Å². The number of carbonyl (C=O) groups is 1. The van der Waals surface area contributed by atoms with E-state index in [1.807, 2.05) is 12.1 Å². The molecule has 1 rings (SSSR count). The fourth-order valence-corrected chi connectivity index (χ4v) is 3.29. The molecule has 29 heavy (non-hydrogen) atoms. The summed E-state index contributed by atoms with van der Waals surface area (Å²) < 4.78 is 16.9. The highest BCUT2D eigenvalue weighted by Gasteiger charge is 2.14. The van der Waals surface area contributed by atoms with Gasteiger partial charge in [0.05, 0.1) is 18.8 Å². The molecule has 1 aromatic carbocycles. The van der Waals surface area contributed by atoms with E-state index in [1.54, 1.807) is 6.07 Å². The second kappa shape index (κ2) is 17.3. The van der Waals surface area contributed by atoms with Crippen molar-refractivity contribution in [3.8, 4) is 11.5 Å². The highest BCUT2D eigenvalue weighted by molar-refractivity contribution is 5.99. The molecule has 0 bridgehead atoms. The van der Waals surface area contributed by atoms with E-state index in [9.17, 15) is 4.79 Å². The summed E-state index contributed by atoms with van der Waals surface area (Å²) in [4.78, 5) is 12.3. The van der Waals surface area contributed by atoms with Gasteiger partial charge >= 0.3 is 0 Å². The maximum absolute atomic E-state index is 12.3. The third-order valence-electron chi connectivity index (χ3n) is 5.05. The lowest BCUT2D eigenvalue weighted by atomic mass is 10.1. The molecule has 0 aliphatic rings. The topological polar surface area (TPSA) is 44.8 Å². The van der Waals surface area contributed by atoms with Crippen molar-refractivity contribution >= 4 is 5.78 Å². The molecular weight excluding hydrogens is 364 g/mol. The molecule has 0 heterocycles. The summed E-state index contributed by atoms with van der Waals surface area (Å²) in [7, 11) is 1.53. The maximum atomic E-state index is 12.3. The fraction of sp³-hybridized carbons (Fsp3) is 0.720. The van der Waals surface area contributed by atoms with Gasteiger partial charge in [0.25, 0.3) is 0 Å². The van der Waals surface area contributed by atoms with Gasteiger partial charge in [-0.2, -0.15) is 0 Å². The van der Waals surface area contributed by atoms with Crippen molar-refractivity contribution in [3.05, 3.63) is 23.8 Å². The third-order valence-corrected chi connectivity index (χ3v) is 5.05. The van der Waals surface area contributed by atoms with E-state index < -0.39 is 0 Å². The average molecular weight is 407 g/mol. The zero-order valence-electron chi connectivity index (χ0n) is 19.0. The summed E-state index contributed by atoms with van der Waals surface area (Å²) in [6.07, 6.45) is 14.7. The normalized spacial score (nSPS) is 10.9. The van der Waals surface area contributed by atoms with Crippen LogP contribution in [0.4, 0.5) is 0 Å². The van der Waals surface area contributed by atoms with Crippen LogP contribution in [0.5, 0.6) is 11.5 Å². The predicted molar refractivity (Wildman–Crippen MR) is 120 cm³/mol. The van der Waals surface area contributed by atoms with Crippen molar-refractivity contribution in [1.82, 2.24) is 0 Å². The first kappa shape index (κ1) is 25.5. The molecule has 0 aliphatic heterocycles. The molecule has 0 atom stereocenters. The largest absolute Gasteiger partial charge is 0.493 e. The van der Waals surface area contributed by atoms with Crippen molar-refractivity contribution in [2.45, 2.75) is 90.9 Å². The molecule has 0 spiro atoms. The number of benzene rings is 1. The van der Waals surface area contributed by atoms with Crippen molar-refractivity contribution in [1.29, 1.82) is 0 Å². The quantitative estimate of drug-likeness (QED) is 0.183. The lowest BCUT2D eigenvalue weighted by molar-refractivity contribution is 0.0844. The van der Waals surface area contributed by atoms with Crippen molar-refractivity contribution in [3.63, 3.8) is 0 Å². The molecule has 0 aliphatic carbocycles. The van der Waals surface area contributed by atoms with E-state index in [4.69, 9.17) is 14.2 Å². The van der Waals surface area contributed by atoms with Gasteiger partial charge in [-0.3, -0.25) is 4.79 Å². The third kappa shape index (κ3) is 11.9. The molecule has 4 nitrogen and oxygen atoms in total. The maximum Gasteiger partial charge on any atom is 0.192 e. The van der Waals surface area contributed by atoms with Crippen molar-refractivity contribution < 1.29 is 19.0 Å². The molecule has 4 heteroatoms. The summed E-state index contributed by atoms with van der Waals surface area (Å²) in [5.74, 6) is 1.32. The van der Waals surface area contributed by atoms with Crippen LogP contribution in [-0.4, -0.2) is 32.7 Å². The molecule has 1 aromatic rings. The summed E-state index contributed by atoms with van der Waals surface area (Å²) in [5, 5.41) is 0. The zero-order valence-corrected chi connectivity index (χ0v) is 19.0. The smallest absolute Gasteiger partial charge is 0.192 e. The van der Waals surface area contributed by atoms with Gasteiger partial charge < -0.3 is 14.2 Å². The van der Waals surface area contributed by atoms with Crippen molar-refractivity contribution in [2.75, 3.05) is 26.9 Å².